The van der Waals surface area contributed by atoms with Gasteiger partial charge in [0.05, 0.1) is 5.51 Å². The Bertz CT molecular complexity index is 273. The van der Waals surface area contributed by atoms with Crippen LogP contribution in [0.2, 0.25) is 0 Å². The van der Waals surface area contributed by atoms with Crippen molar-refractivity contribution in [3.8, 4) is 0 Å². The highest BCUT2D eigenvalue weighted by molar-refractivity contribution is 9.11. The van der Waals surface area contributed by atoms with E-state index < -0.39 is 5.91 Å². The fraction of sp³-hybridized carbons (Fsp3) is 0.200. The number of hydrogen-bond donors (Lipinski definition) is 1. The molecular weight excluding hydrogens is 232 g/mol. The van der Waals surface area contributed by atoms with Crippen molar-refractivity contribution in [3.05, 3.63) is 15.0 Å². The van der Waals surface area contributed by atoms with E-state index in [2.05, 4.69) is 20.9 Å². The Kier molecular flexibility index (Phi) is 2.58. The highest BCUT2D eigenvalue weighted by atomic mass is 79.9. The van der Waals surface area contributed by atoms with Gasteiger partial charge in [-0.05, 0) is 15.9 Å². The smallest absolute Gasteiger partial charge is 0.286 e. The third kappa shape index (κ3) is 1.76. The number of amides is 1. The second kappa shape index (κ2) is 3.29. The molecule has 0 atom stereocenters. The van der Waals surface area contributed by atoms with Crippen molar-refractivity contribution >= 4 is 33.2 Å². The molecule has 0 saturated heterocycles. The van der Waals surface area contributed by atoms with E-state index in [0.717, 1.165) is 0 Å². The van der Waals surface area contributed by atoms with E-state index in [-0.39, 0.29) is 5.69 Å². The Morgan fingerprint density at radius 2 is 2.55 bits per heavy atom. The SMILES string of the molecule is CN(O)C(=O)c1ncsc1Br. The number of aromatic nitrogens is 1. The van der Waals surface area contributed by atoms with E-state index in [4.69, 9.17) is 5.21 Å². The van der Waals surface area contributed by atoms with Crippen molar-refractivity contribution in [2.75, 3.05) is 7.05 Å². The maximum Gasteiger partial charge on any atom is 0.297 e. The van der Waals surface area contributed by atoms with Gasteiger partial charge in [0, 0.05) is 7.05 Å². The van der Waals surface area contributed by atoms with Crippen LogP contribution in [0.25, 0.3) is 0 Å². The maximum atomic E-state index is 11.0. The lowest BCUT2D eigenvalue weighted by Gasteiger charge is -2.04. The number of rotatable bonds is 1. The minimum atomic E-state index is -0.516. The monoisotopic (exact) mass is 236 g/mol. The molecule has 0 aliphatic carbocycles. The summed E-state index contributed by atoms with van der Waals surface area (Å²) in [5.74, 6) is -0.516. The van der Waals surface area contributed by atoms with Gasteiger partial charge in [0.25, 0.3) is 5.91 Å². The van der Waals surface area contributed by atoms with Gasteiger partial charge in [-0.3, -0.25) is 10.0 Å². The molecule has 0 bridgehead atoms. The molecule has 1 N–H and O–H groups in total. The number of halogens is 1. The summed E-state index contributed by atoms with van der Waals surface area (Å²) < 4.78 is 0.628. The van der Waals surface area contributed by atoms with Gasteiger partial charge in [-0.15, -0.1) is 11.3 Å². The van der Waals surface area contributed by atoms with Crippen molar-refractivity contribution in [1.82, 2.24) is 10.0 Å². The summed E-state index contributed by atoms with van der Waals surface area (Å²) in [6, 6.07) is 0. The molecule has 60 valence electrons. The molecule has 0 radical (unpaired) electrons. The van der Waals surface area contributed by atoms with Crippen LogP contribution < -0.4 is 0 Å². The number of carbonyl (C=O) groups excluding carboxylic acids is 1. The zero-order valence-corrected chi connectivity index (χ0v) is 8.02. The standard InChI is InChI=1S/C5H5BrN2O2S/c1-8(10)5(9)3-4(6)11-2-7-3/h2,10H,1H3. The van der Waals surface area contributed by atoms with Crippen molar-refractivity contribution in [2.45, 2.75) is 0 Å². The van der Waals surface area contributed by atoms with Crippen LogP contribution in [-0.2, 0) is 0 Å². The quantitative estimate of drug-likeness (QED) is 0.592. The molecule has 1 rings (SSSR count). The molecule has 0 saturated carbocycles. The lowest BCUT2D eigenvalue weighted by molar-refractivity contribution is -0.0379. The Balaban J connectivity index is 2.93. The molecule has 4 nitrogen and oxygen atoms in total. The van der Waals surface area contributed by atoms with Gasteiger partial charge < -0.3 is 0 Å². The molecule has 0 fully saturated rings. The Labute approximate surface area is 75.6 Å². The van der Waals surface area contributed by atoms with E-state index in [0.29, 0.717) is 8.85 Å². The van der Waals surface area contributed by atoms with Crippen molar-refractivity contribution in [3.63, 3.8) is 0 Å². The molecular formula is C5H5BrN2O2S. The molecule has 0 aliphatic rings. The van der Waals surface area contributed by atoms with Crippen LogP contribution in [0, 0.1) is 0 Å². The van der Waals surface area contributed by atoms with Crippen molar-refractivity contribution in [2.24, 2.45) is 0 Å². The molecule has 1 aromatic heterocycles. The molecule has 0 aromatic carbocycles. The number of thiazole rings is 1. The zero-order chi connectivity index (χ0) is 8.43. The summed E-state index contributed by atoms with van der Waals surface area (Å²) in [6.45, 7) is 0. The zero-order valence-electron chi connectivity index (χ0n) is 5.61. The average Bonchev–Trinajstić information content (AvgIpc) is 2.33. The topological polar surface area (TPSA) is 53.4 Å². The predicted octanol–water partition coefficient (Wildman–Crippen LogP) is 1.37. The Morgan fingerprint density at radius 1 is 1.91 bits per heavy atom. The first-order chi connectivity index (χ1) is 5.13. The van der Waals surface area contributed by atoms with Gasteiger partial charge in [-0.2, -0.15) is 0 Å². The van der Waals surface area contributed by atoms with Gasteiger partial charge in [0.15, 0.2) is 5.69 Å². The molecule has 1 amide bonds. The van der Waals surface area contributed by atoms with E-state index >= 15 is 0 Å². The van der Waals surface area contributed by atoms with Crippen molar-refractivity contribution in [1.29, 1.82) is 0 Å². The number of hydroxylamine groups is 2. The minimum absolute atomic E-state index is 0.236. The average molecular weight is 237 g/mol. The van der Waals surface area contributed by atoms with Gasteiger partial charge in [0.2, 0.25) is 0 Å². The summed E-state index contributed by atoms with van der Waals surface area (Å²) in [4.78, 5) is 14.8. The normalized spacial score (nSPS) is 9.73. The second-order valence-electron chi connectivity index (χ2n) is 1.80. The molecule has 1 heterocycles. The molecule has 6 heteroatoms. The summed E-state index contributed by atoms with van der Waals surface area (Å²) in [5, 5.41) is 9.24. The molecule has 1 aromatic rings. The highest BCUT2D eigenvalue weighted by Crippen LogP contribution is 2.20. The number of carbonyl (C=O) groups is 1. The largest absolute Gasteiger partial charge is 0.297 e. The third-order valence-corrected chi connectivity index (χ3v) is 2.57. The van der Waals surface area contributed by atoms with Gasteiger partial charge >= 0.3 is 0 Å². The maximum absolute atomic E-state index is 11.0. The van der Waals surface area contributed by atoms with Crippen LogP contribution in [0.1, 0.15) is 10.5 Å². The summed E-state index contributed by atoms with van der Waals surface area (Å²) in [5.41, 5.74) is 1.76. The fourth-order valence-corrected chi connectivity index (χ4v) is 1.55. The van der Waals surface area contributed by atoms with Crippen molar-refractivity contribution < 1.29 is 10.0 Å². The molecule has 11 heavy (non-hydrogen) atoms. The van der Waals surface area contributed by atoms with Crippen LogP contribution in [0.3, 0.4) is 0 Å². The molecule has 0 unspecified atom stereocenters. The minimum Gasteiger partial charge on any atom is -0.286 e. The Morgan fingerprint density at radius 3 is 2.91 bits per heavy atom. The van der Waals surface area contributed by atoms with Gasteiger partial charge in [0.1, 0.15) is 3.79 Å². The second-order valence-corrected chi connectivity index (χ2v) is 3.98. The first-order valence-electron chi connectivity index (χ1n) is 2.69. The van der Waals surface area contributed by atoms with E-state index in [1.54, 1.807) is 0 Å². The predicted molar refractivity (Wildman–Crippen MR) is 43.7 cm³/mol. The van der Waals surface area contributed by atoms with Crippen LogP contribution >= 0.6 is 27.3 Å². The number of hydrogen-bond acceptors (Lipinski definition) is 4. The van der Waals surface area contributed by atoms with E-state index in [1.165, 1.54) is 23.9 Å². The van der Waals surface area contributed by atoms with Gasteiger partial charge in [-0.25, -0.2) is 10.0 Å². The van der Waals surface area contributed by atoms with E-state index in [9.17, 15) is 4.79 Å². The molecule has 0 aliphatic heterocycles. The molecule has 0 spiro atoms. The van der Waals surface area contributed by atoms with Crippen LogP contribution in [-0.4, -0.2) is 28.2 Å². The van der Waals surface area contributed by atoms with Crippen LogP contribution in [0.5, 0.6) is 0 Å². The summed E-state index contributed by atoms with van der Waals surface area (Å²) >= 11 is 4.43. The number of nitrogens with zero attached hydrogens (tertiary/aromatic N) is 2. The van der Waals surface area contributed by atoms with Gasteiger partial charge in [-0.1, -0.05) is 0 Å². The first-order valence-corrected chi connectivity index (χ1v) is 4.36. The first kappa shape index (κ1) is 8.63. The Hall–Kier alpha value is -0.460. The van der Waals surface area contributed by atoms with E-state index in [1.807, 2.05) is 0 Å². The van der Waals surface area contributed by atoms with Crippen LogP contribution in [0.15, 0.2) is 9.30 Å². The lowest BCUT2D eigenvalue weighted by Crippen LogP contribution is -2.22. The third-order valence-electron chi connectivity index (χ3n) is 1.02. The van der Waals surface area contributed by atoms with Crippen LogP contribution in [0.4, 0.5) is 0 Å². The highest BCUT2D eigenvalue weighted by Gasteiger charge is 2.15. The lowest BCUT2D eigenvalue weighted by atomic mass is 10.5. The summed E-state index contributed by atoms with van der Waals surface area (Å²) in [7, 11) is 1.26. The fourth-order valence-electron chi connectivity index (χ4n) is 0.524. The summed E-state index contributed by atoms with van der Waals surface area (Å²) in [6.07, 6.45) is 0.